The molecule has 2 amide bonds. The fraction of sp³-hybridized carbons (Fsp3) is 0.667. The van der Waals surface area contributed by atoms with Crippen molar-refractivity contribution in [1.82, 2.24) is 10.3 Å². The Morgan fingerprint density at radius 2 is 2.33 bits per heavy atom. The predicted molar refractivity (Wildman–Crippen MR) is 69.9 cm³/mol. The van der Waals surface area contributed by atoms with Gasteiger partial charge in [-0.3, -0.25) is 5.32 Å². The maximum absolute atomic E-state index is 11.6. The highest BCUT2D eigenvalue weighted by Gasteiger charge is 2.34. The highest BCUT2D eigenvalue weighted by atomic mass is 32.1. The van der Waals surface area contributed by atoms with E-state index in [2.05, 4.69) is 15.6 Å². The van der Waals surface area contributed by atoms with E-state index in [1.54, 1.807) is 0 Å². The summed E-state index contributed by atoms with van der Waals surface area (Å²) >= 11 is 1.45. The number of rotatable bonds is 4. The van der Waals surface area contributed by atoms with Crippen LogP contribution in [0, 0.1) is 0 Å². The van der Waals surface area contributed by atoms with E-state index in [1.807, 2.05) is 5.38 Å². The van der Waals surface area contributed by atoms with Crippen molar-refractivity contribution < 1.29 is 9.90 Å². The third kappa shape index (κ3) is 2.64. The molecule has 0 aromatic carbocycles. The average Bonchev–Trinajstić information content (AvgIpc) is 3.06. The molecule has 0 atom stereocenters. The van der Waals surface area contributed by atoms with Crippen molar-refractivity contribution in [3.05, 3.63) is 11.1 Å². The van der Waals surface area contributed by atoms with Crippen LogP contribution in [0.15, 0.2) is 5.38 Å². The zero-order valence-electron chi connectivity index (χ0n) is 10.1. The highest BCUT2D eigenvalue weighted by Crippen LogP contribution is 2.40. The second kappa shape index (κ2) is 4.51. The number of hydrogen-bond acceptors (Lipinski definition) is 4. The van der Waals surface area contributed by atoms with E-state index in [4.69, 9.17) is 0 Å². The zero-order chi connectivity index (χ0) is 12.6. The Balaban J connectivity index is 1.47. The van der Waals surface area contributed by atoms with Crippen LogP contribution < -0.4 is 10.6 Å². The number of aromatic nitrogens is 1. The first-order chi connectivity index (χ1) is 8.65. The molecule has 2 saturated carbocycles. The van der Waals surface area contributed by atoms with Gasteiger partial charge in [0.2, 0.25) is 0 Å². The van der Waals surface area contributed by atoms with E-state index in [9.17, 15) is 9.90 Å². The van der Waals surface area contributed by atoms with Gasteiger partial charge in [-0.1, -0.05) is 0 Å². The third-order valence-corrected chi connectivity index (χ3v) is 4.38. The summed E-state index contributed by atoms with van der Waals surface area (Å²) in [5.74, 6) is 0.607. The van der Waals surface area contributed by atoms with Gasteiger partial charge in [0.15, 0.2) is 5.13 Å². The van der Waals surface area contributed by atoms with E-state index < -0.39 is 5.60 Å². The van der Waals surface area contributed by atoms with Crippen LogP contribution in [0.5, 0.6) is 0 Å². The van der Waals surface area contributed by atoms with Crippen LogP contribution in [0.2, 0.25) is 0 Å². The minimum absolute atomic E-state index is 0.285. The summed E-state index contributed by atoms with van der Waals surface area (Å²) in [5, 5.41) is 17.9. The van der Waals surface area contributed by atoms with Gasteiger partial charge < -0.3 is 10.4 Å². The number of thiazole rings is 1. The number of hydrogen-bond donors (Lipinski definition) is 3. The molecule has 1 heterocycles. The quantitative estimate of drug-likeness (QED) is 0.781. The molecular weight excluding hydrogens is 250 g/mol. The van der Waals surface area contributed by atoms with Gasteiger partial charge in [-0.05, 0) is 32.1 Å². The Morgan fingerprint density at radius 3 is 2.94 bits per heavy atom. The number of anilines is 1. The summed E-state index contributed by atoms with van der Waals surface area (Å²) in [4.78, 5) is 16.0. The first kappa shape index (κ1) is 11.9. The summed E-state index contributed by atoms with van der Waals surface area (Å²) in [7, 11) is 0. The Morgan fingerprint density at radius 1 is 1.56 bits per heavy atom. The average molecular weight is 267 g/mol. The second-order valence-corrected chi connectivity index (χ2v) is 6.10. The van der Waals surface area contributed by atoms with Gasteiger partial charge in [-0.15, -0.1) is 11.3 Å². The van der Waals surface area contributed by atoms with Crippen LogP contribution in [-0.2, 0) is 0 Å². The van der Waals surface area contributed by atoms with Gasteiger partial charge in [0.1, 0.15) is 0 Å². The Hall–Kier alpha value is -1.14. The van der Waals surface area contributed by atoms with E-state index in [1.165, 1.54) is 24.2 Å². The lowest BCUT2D eigenvalue weighted by Gasteiger charge is -2.36. The molecule has 0 radical (unpaired) electrons. The minimum Gasteiger partial charge on any atom is -0.388 e. The molecule has 2 aliphatic carbocycles. The molecule has 0 unspecified atom stereocenters. The molecular formula is C12H17N3O2S. The predicted octanol–water partition coefficient (Wildman–Crippen LogP) is 2.06. The van der Waals surface area contributed by atoms with Crippen LogP contribution in [0.25, 0.3) is 0 Å². The summed E-state index contributed by atoms with van der Waals surface area (Å²) < 4.78 is 0. The molecule has 0 spiro atoms. The fourth-order valence-electron chi connectivity index (χ4n) is 2.06. The lowest BCUT2D eigenvalue weighted by Crippen LogP contribution is -2.48. The van der Waals surface area contributed by atoms with Crippen LogP contribution in [0.3, 0.4) is 0 Å². The molecule has 3 rings (SSSR count). The SMILES string of the molecule is O=C(NCC1(O)CCC1)Nc1nc(C2CC2)cs1. The van der Waals surface area contributed by atoms with Gasteiger partial charge in [-0.25, -0.2) is 9.78 Å². The minimum atomic E-state index is -0.681. The number of carbonyl (C=O) groups is 1. The second-order valence-electron chi connectivity index (χ2n) is 5.24. The number of aliphatic hydroxyl groups is 1. The summed E-state index contributed by atoms with van der Waals surface area (Å²) in [6, 6.07) is -0.285. The monoisotopic (exact) mass is 267 g/mol. The zero-order valence-corrected chi connectivity index (χ0v) is 10.9. The molecule has 0 saturated heterocycles. The molecule has 1 aromatic heterocycles. The number of carbonyl (C=O) groups excluding carboxylic acids is 1. The van der Waals surface area contributed by atoms with Crippen molar-refractivity contribution in [3.8, 4) is 0 Å². The van der Waals surface area contributed by atoms with Crippen LogP contribution in [-0.4, -0.2) is 28.3 Å². The molecule has 3 N–H and O–H groups in total. The first-order valence-electron chi connectivity index (χ1n) is 6.37. The van der Waals surface area contributed by atoms with Gasteiger partial charge in [0.25, 0.3) is 0 Å². The van der Waals surface area contributed by atoms with E-state index in [0.29, 0.717) is 17.6 Å². The molecule has 1 aromatic rings. The Bertz CT molecular complexity index is 452. The normalized spacial score (nSPS) is 21.2. The Labute approximate surface area is 110 Å². The molecule has 0 bridgehead atoms. The van der Waals surface area contributed by atoms with E-state index in [0.717, 1.165) is 25.0 Å². The van der Waals surface area contributed by atoms with Gasteiger partial charge in [0.05, 0.1) is 11.3 Å². The highest BCUT2D eigenvalue weighted by molar-refractivity contribution is 7.13. The molecule has 0 aliphatic heterocycles. The maximum Gasteiger partial charge on any atom is 0.321 e. The number of nitrogens with zero attached hydrogens (tertiary/aromatic N) is 1. The van der Waals surface area contributed by atoms with Crippen LogP contribution in [0.1, 0.15) is 43.7 Å². The first-order valence-corrected chi connectivity index (χ1v) is 7.25. The van der Waals surface area contributed by atoms with Crippen LogP contribution in [0.4, 0.5) is 9.93 Å². The fourth-order valence-corrected chi connectivity index (χ4v) is 2.85. The number of urea groups is 1. The van der Waals surface area contributed by atoms with Gasteiger partial charge >= 0.3 is 6.03 Å². The molecule has 98 valence electrons. The number of nitrogens with one attached hydrogen (secondary N) is 2. The van der Waals surface area contributed by atoms with Gasteiger partial charge in [0, 0.05) is 17.8 Å². The lowest BCUT2D eigenvalue weighted by atomic mass is 9.80. The van der Waals surface area contributed by atoms with Crippen LogP contribution >= 0.6 is 11.3 Å². The summed E-state index contributed by atoms with van der Waals surface area (Å²) in [6.07, 6.45) is 5.01. The van der Waals surface area contributed by atoms with Crippen molar-refractivity contribution >= 4 is 22.5 Å². The molecule has 18 heavy (non-hydrogen) atoms. The molecule has 6 heteroatoms. The lowest BCUT2D eigenvalue weighted by molar-refractivity contribution is -0.0287. The third-order valence-electron chi connectivity index (χ3n) is 3.60. The Kier molecular flexibility index (Phi) is 2.99. The van der Waals surface area contributed by atoms with Crippen molar-refractivity contribution in [2.45, 2.75) is 43.6 Å². The van der Waals surface area contributed by atoms with Crippen molar-refractivity contribution in [2.24, 2.45) is 0 Å². The van der Waals surface area contributed by atoms with Crippen molar-refractivity contribution in [3.63, 3.8) is 0 Å². The van der Waals surface area contributed by atoms with E-state index in [-0.39, 0.29) is 6.03 Å². The summed E-state index contributed by atoms with van der Waals surface area (Å²) in [5.41, 5.74) is 0.410. The van der Waals surface area contributed by atoms with Crippen molar-refractivity contribution in [1.29, 1.82) is 0 Å². The van der Waals surface area contributed by atoms with Crippen molar-refractivity contribution in [2.75, 3.05) is 11.9 Å². The molecule has 2 aliphatic rings. The topological polar surface area (TPSA) is 74.2 Å². The summed E-state index contributed by atoms with van der Waals surface area (Å²) in [6.45, 7) is 0.319. The smallest absolute Gasteiger partial charge is 0.321 e. The molecule has 5 nitrogen and oxygen atoms in total. The van der Waals surface area contributed by atoms with E-state index >= 15 is 0 Å². The standard InChI is InChI=1S/C12H17N3O2S/c16-10(13-7-12(17)4-1-5-12)15-11-14-9(6-18-11)8-2-3-8/h6,8,17H,1-5,7H2,(H2,13,14,15,16). The number of amides is 2. The largest absolute Gasteiger partial charge is 0.388 e. The maximum atomic E-state index is 11.6. The molecule has 2 fully saturated rings. The van der Waals surface area contributed by atoms with Gasteiger partial charge in [-0.2, -0.15) is 0 Å².